The summed E-state index contributed by atoms with van der Waals surface area (Å²) in [7, 11) is 0. The fourth-order valence-corrected chi connectivity index (χ4v) is 2.98. The third-order valence-electron chi connectivity index (χ3n) is 3.70. The molecule has 0 bridgehead atoms. The Balaban J connectivity index is 2.11. The number of halogens is 1. The lowest BCUT2D eigenvalue weighted by Gasteiger charge is -2.38. The van der Waals surface area contributed by atoms with Crippen LogP contribution in [0.3, 0.4) is 0 Å². The van der Waals surface area contributed by atoms with Gasteiger partial charge in [-0.25, -0.2) is 0 Å². The van der Waals surface area contributed by atoms with Gasteiger partial charge in [0.25, 0.3) is 0 Å². The normalized spacial score (nSPS) is 32.8. The SMILES string of the molecule is C[C@H](Cl)C(=O)N1CCOC[C@H]2CCCC[C@@H]21. The molecular weight excluding hydrogens is 226 g/mol. The van der Waals surface area contributed by atoms with Crippen molar-refractivity contribution in [2.75, 3.05) is 19.8 Å². The van der Waals surface area contributed by atoms with E-state index in [0.29, 0.717) is 25.1 Å². The number of nitrogens with zero attached hydrogens (tertiary/aromatic N) is 1. The van der Waals surface area contributed by atoms with E-state index in [0.717, 1.165) is 13.0 Å². The van der Waals surface area contributed by atoms with E-state index in [1.165, 1.54) is 19.3 Å². The number of amides is 1. The van der Waals surface area contributed by atoms with Gasteiger partial charge in [-0.1, -0.05) is 12.8 Å². The first-order valence-electron chi connectivity index (χ1n) is 6.22. The van der Waals surface area contributed by atoms with Gasteiger partial charge in [0.1, 0.15) is 5.38 Å². The van der Waals surface area contributed by atoms with Crippen LogP contribution in [0, 0.1) is 5.92 Å². The average Bonchev–Trinajstić information content (AvgIpc) is 2.50. The summed E-state index contributed by atoms with van der Waals surface area (Å²) in [6.45, 7) is 3.93. The van der Waals surface area contributed by atoms with Crippen molar-refractivity contribution in [2.45, 2.75) is 44.0 Å². The van der Waals surface area contributed by atoms with Gasteiger partial charge in [-0.2, -0.15) is 0 Å². The molecule has 2 fully saturated rings. The number of hydrogen-bond acceptors (Lipinski definition) is 2. The third-order valence-corrected chi connectivity index (χ3v) is 3.89. The molecule has 1 aliphatic carbocycles. The summed E-state index contributed by atoms with van der Waals surface area (Å²) < 4.78 is 5.59. The molecule has 3 nitrogen and oxygen atoms in total. The van der Waals surface area contributed by atoms with Crippen LogP contribution in [0.25, 0.3) is 0 Å². The van der Waals surface area contributed by atoms with Crippen molar-refractivity contribution in [1.82, 2.24) is 4.90 Å². The number of carbonyl (C=O) groups excluding carboxylic acids is 1. The zero-order valence-electron chi connectivity index (χ0n) is 9.82. The van der Waals surface area contributed by atoms with Crippen molar-refractivity contribution in [3.05, 3.63) is 0 Å². The number of fused-ring (bicyclic) bond motifs is 1. The second-order valence-corrected chi connectivity index (χ2v) is 5.49. The highest BCUT2D eigenvalue weighted by Crippen LogP contribution is 2.31. The summed E-state index contributed by atoms with van der Waals surface area (Å²) in [5.74, 6) is 0.597. The van der Waals surface area contributed by atoms with Gasteiger partial charge in [-0.15, -0.1) is 11.6 Å². The maximum atomic E-state index is 12.0. The molecule has 1 saturated carbocycles. The zero-order chi connectivity index (χ0) is 11.5. The maximum Gasteiger partial charge on any atom is 0.240 e. The molecule has 0 spiro atoms. The van der Waals surface area contributed by atoms with Crippen molar-refractivity contribution in [3.8, 4) is 0 Å². The van der Waals surface area contributed by atoms with Crippen LogP contribution in [0.1, 0.15) is 32.6 Å². The van der Waals surface area contributed by atoms with E-state index in [1.807, 2.05) is 4.90 Å². The second kappa shape index (κ2) is 5.37. The number of hydrogen-bond donors (Lipinski definition) is 0. The molecule has 1 heterocycles. The van der Waals surface area contributed by atoms with E-state index in [9.17, 15) is 4.79 Å². The van der Waals surface area contributed by atoms with Gasteiger partial charge >= 0.3 is 0 Å². The lowest BCUT2D eigenvalue weighted by atomic mass is 9.84. The molecule has 1 aliphatic heterocycles. The van der Waals surface area contributed by atoms with E-state index in [1.54, 1.807) is 6.92 Å². The Labute approximate surface area is 102 Å². The molecule has 0 aromatic heterocycles. The standard InChI is InChI=1S/C12H20ClNO2/c1-9(13)12(15)14-6-7-16-8-10-4-2-3-5-11(10)14/h9-11H,2-8H2,1H3/t9-,10+,11-/m0/s1. The predicted molar refractivity (Wildman–Crippen MR) is 63.6 cm³/mol. The van der Waals surface area contributed by atoms with Crippen LogP contribution >= 0.6 is 11.6 Å². The van der Waals surface area contributed by atoms with Crippen molar-refractivity contribution >= 4 is 17.5 Å². The first-order valence-corrected chi connectivity index (χ1v) is 6.66. The fourth-order valence-electron chi connectivity index (χ4n) is 2.86. The predicted octanol–water partition coefficient (Wildman–Crippen LogP) is 2.03. The molecule has 2 rings (SSSR count). The molecule has 3 atom stereocenters. The molecule has 0 aromatic carbocycles. The van der Waals surface area contributed by atoms with E-state index >= 15 is 0 Å². The van der Waals surface area contributed by atoms with E-state index in [-0.39, 0.29) is 5.91 Å². The summed E-state index contributed by atoms with van der Waals surface area (Å²) in [4.78, 5) is 14.0. The minimum atomic E-state index is -0.416. The maximum absolute atomic E-state index is 12.0. The molecule has 16 heavy (non-hydrogen) atoms. The molecule has 1 amide bonds. The van der Waals surface area contributed by atoms with Gasteiger partial charge in [0, 0.05) is 18.5 Å². The van der Waals surface area contributed by atoms with Crippen LogP contribution in [-0.2, 0) is 9.53 Å². The van der Waals surface area contributed by atoms with Gasteiger partial charge in [-0.05, 0) is 19.8 Å². The summed E-state index contributed by atoms with van der Waals surface area (Å²) >= 11 is 5.91. The van der Waals surface area contributed by atoms with Gasteiger partial charge in [0.2, 0.25) is 5.91 Å². The molecule has 0 unspecified atom stereocenters. The minimum Gasteiger partial charge on any atom is -0.379 e. The van der Waals surface area contributed by atoms with Crippen molar-refractivity contribution in [3.63, 3.8) is 0 Å². The molecule has 92 valence electrons. The molecular formula is C12H20ClNO2. The summed E-state index contributed by atoms with van der Waals surface area (Å²) in [6, 6.07) is 0.366. The Bertz CT molecular complexity index is 257. The van der Waals surface area contributed by atoms with Crippen molar-refractivity contribution in [1.29, 1.82) is 0 Å². The zero-order valence-corrected chi connectivity index (χ0v) is 10.6. The second-order valence-electron chi connectivity index (χ2n) is 4.83. The smallest absolute Gasteiger partial charge is 0.240 e. The van der Waals surface area contributed by atoms with Crippen LogP contribution in [0.15, 0.2) is 0 Å². The average molecular weight is 246 g/mol. The van der Waals surface area contributed by atoms with Crippen LogP contribution in [0.2, 0.25) is 0 Å². The fraction of sp³-hybridized carbons (Fsp3) is 0.917. The molecule has 4 heteroatoms. The summed E-state index contributed by atoms with van der Waals surface area (Å²) in [5, 5.41) is -0.416. The monoisotopic (exact) mass is 245 g/mol. The Hall–Kier alpha value is -0.280. The van der Waals surface area contributed by atoms with Crippen LogP contribution < -0.4 is 0 Å². The Morgan fingerprint density at radius 2 is 2.19 bits per heavy atom. The molecule has 0 radical (unpaired) electrons. The quantitative estimate of drug-likeness (QED) is 0.662. The van der Waals surface area contributed by atoms with Crippen molar-refractivity contribution < 1.29 is 9.53 Å². The van der Waals surface area contributed by atoms with Crippen molar-refractivity contribution in [2.24, 2.45) is 5.92 Å². The molecule has 2 aliphatic rings. The topological polar surface area (TPSA) is 29.5 Å². The Morgan fingerprint density at radius 1 is 1.44 bits per heavy atom. The van der Waals surface area contributed by atoms with Gasteiger partial charge in [0.05, 0.1) is 13.2 Å². The highest BCUT2D eigenvalue weighted by molar-refractivity contribution is 6.30. The Kier molecular flexibility index (Phi) is 4.09. The number of ether oxygens (including phenoxy) is 1. The number of rotatable bonds is 1. The van der Waals surface area contributed by atoms with Gasteiger partial charge < -0.3 is 9.64 Å². The van der Waals surface area contributed by atoms with Crippen LogP contribution in [0.5, 0.6) is 0 Å². The largest absolute Gasteiger partial charge is 0.379 e. The molecule has 1 saturated heterocycles. The number of carbonyl (C=O) groups is 1. The number of alkyl halides is 1. The first-order chi connectivity index (χ1) is 7.70. The highest BCUT2D eigenvalue weighted by atomic mass is 35.5. The third kappa shape index (κ3) is 2.51. The molecule has 0 aromatic rings. The Morgan fingerprint density at radius 3 is 2.94 bits per heavy atom. The van der Waals surface area contributed by atoms with Crippen LogP contribution in [-0.4, -0.2) is 42.0 Å². The summed E-state index contributed by atoms with van der Waals surface area (Å²) in [5.41, 5.74) is 0. The minimum absolute atomic E-state index is 0.0732. The summed E-state index contributed by atoms with van der Waals surface area (Å²) in [6.07, 6.45) is 4.79. The highest BCUT2D eigenvalue weighted by Gasteiger charge is 2.35. The lowest BCUT2D eigenvalue weighted by molar-refractivity contribution is -0.134. The first kappa shape index (κ1) is 12.2. The van der Waals surface area contributed by atoms with E-state index in [4.69, 9.17) is 16.3 Å². The molecule has 0 N–H and O–H groups in total. The van der Waals surface area contributed by atoms with Gasteiger partial charge in [0.15, 0.2) is 0 Å². The van der Waals surface area contributed by atoms with E-state index < -0.39 is 5.38 Å². The van der Waals surface area contributed by atoms with Gasteiger partial charge in [-0.3, -0.25) is 4.79 Å². The van der Waals surface area contributed by atoms with E-state index in [2.05, 4.69) is 0 Å². The van der Waals surface area contributed by atoms with Crippen LogP contribution in [0.4, 0.5) is 0 Å². The lowest BCUT2D eigenvalue weighted by Crippen LogP contribution is -2.48.